The zero-order chi connectivity index (χ0) is 18.7. The van der Waals surface area contributed by atoms with Crippen LogP contribution in [0.1, 0.15) is 26.3 Å². The van der Waals surface area contributed by atoms with Gasteiger partial charge in [0.1, 0.15) is 6.54 Å². The molecule has 1 aromatic heterocycles. The average Bonchev–Trinajstić information content (AvgIpc) is 2.98. The van der Waals surface area contributed by atoms with Crippen molar-refractivity contribution in [3.05, 3.63) is 54.4 Å². The van der Waals surface area contributed by atoms with E-state index in [0.717, 1.165) is 10.6 Å². The third-order valence-electron chi connectivity index (χ3n) is 3.58. The van der Waals surface area contributed by atoms with E-state index in [4.69, 9.17) is 0 Å². The normalized spacial score (nSPS) is 12.2. The molecular weight excluding hydrogens is 329 g/mol. The van der Waals surface area contributed by atoms with Gasteiger partial charge < -0.3 is 9.47 Å². The number of hydrogen-bond acceptors (Lipinski definition) is 1. The SMILES string of the molecule is CC(C)(C)CN(CC(F)(F)F)C(=O)Cc1ccc(-n2cccc2)cc1. The molecule has 1 amide bonds. The van der Waals surface area contributed by atoms with Crippen LogP contribution in [0.2, 0.25) is 0 Å². The van der Waals surface area contributed by atoms with Crippen molar-refractivity contribution in [3.63, 3.8) is 0 Å². The molecule has 0 bridgehead atoms. The predicted molar refractivity (Wildman–Crippen MR) is 91.6 cm³/mol. The Morgan fingerprint density at radius 2 is 1.56 bits per heavy atom. The minimum Gasteiger partial charge on any atom is -0.333 e. The van der Waals surface area contributed by atoms with Crippen molar-refractivity contribution in [2.75, 3.05) is 13.1 Å². The van der Waals surface area contributed by atoms with E-state index in [1.54, 1.807) is 12.1 Å². The number of aromatic nitrogens is 1. The summed E-state index contributed by atoms with van der Waals surface area (Å²) in [6.45, 7) is 4.29. The highest BCUT2D eigenvalue weighted by Crippen LogP contribution is 2.22. The topological polar surface area (TPSA) is 25.2 Å². The lowest BCUT2D eigenvalue weighted by Gasteiger charge is -2.30. The van der Waals surface area contributed by atoms with Crippen LogP contribution in [-0.4, -0.2) is 34.6 Å². The minimum atomic E-state index is -4.40. The highest BCUT2D eigenvalue weighted by atomic mass is 19.4. The maximum absolute atomic E-state index is 12.8. The van der Waals surface area contributed by atoms with Gasteiger partial charge in [0.2, 0.25) is 5.91 Å². The third kappa shape index (κ3) is 6.29. The molecule has 0 atom stereocenters. The quantitative estimate of drug-likeness (QED) is 0.780. The monoisotopic (exact) mass is 352 g/mol. The Kier molecular flexibility index (Phi) is 5.60. The fraction of sp³-hybridized carbons (Fsp3) is 0.421. The van der Waals surface area contributed by atoms with Crippen LogP contribution in [0.25, 0.3) is 5.69 Å². The zero-order valence-electron chi connectivity index (χ0n) is 14.7. The van der Waals surface area contributed by atoms with Gasteiger partial charge in [0.15, 0.2) is 0 Å². The molecule has 25 heavy (non-hydrogen) atoms. The molecular formula is C19H23F3N2O. The Labute approximate surface area is 146 Å². The van der Waals surface area contributed by atoms with E-state index in [2.05, 4.69) is 0 Å². The summed E-state index contributed by atoms with van der Waals surface area (Å²) < 4.78 is 40.3. The summed E-state index contributed by atoms with van der Waals surface area (Å²) in [6.07, 6.45) is -0.652. The highest BCUT2D eigenvalue weighted by molar-refractivity contribution is 5.79. The van der Waals surface area contributed by atoms with E-state index in [9.17, 15) is 18.0 Å². The van der Waals surface area contributed by atoms with Crippen molar-refractivity contribution in [2.45, 2.75) is 33.4 Å². The summed E-state index contributed by atoms with van der Waals surface area (Å²) in [5, 5.41) is 0. The van der Waals surface area contributed by atoms with Gasteiger partial charge in [0.25, 0.3) is 0 Å². The van der Waals surface area contributed by atoms with E-state index < -0.39 is 24.0 Å². The van der Waals surface area contributed by atoms with Gasteiger partial charge in [0, 0.05) is 24.6 Å². The Morgan fingerprint density at radius 3 is 2.04 bits per heavy atom. The molecule has 3 nitrogen and oxygen atoms in total. The van der Waals surface area contributed by atoms with E-state index in [0.29, 0.717) is 5.56 Å². The van der Waals surface area contributed by atoms with Gasteiger partial charge in [-0.1, -0.05) is 32.9 Å². The number of hydrogen-bond donors (Lipinski definition) is 0. The molecule has 0 aliphatic rings. The van der Waals surface area contributed by atoms with Gasteiger partial charge >= 0.3 is 6.18 Å². The summed E-state index contributed by atoms with van der Waals surface area (Å²) in [6, 6.07) is 11.0. The molecule has 0 saturated carbocycles. The van der Waals surface area contributed by atoms with Crippen LogP contribution in [-0.2, 0) is 11.2 Å². The van der Waals surface area contributed by atoms with Crippen molar-refractivity contribution in [1.82, 2.24) is 9.47 Å². The second-order valence-corrected chi connectivity index (χ2v) is 7.36. The Hall–Kier alpha value is -2.24. The van der Waals surface area contributed by atoms with Crippen molar-refractivity contribution in [1.29, 1.82) is 0 Å². The Balaban J connectivity index is 2.08. The number of halogens is 3. The van der Waals surface area contributed by atoms with Gasteiger partial charge in [-0.25, -0.2) is 0 Å². The lowest BCUT2D eigenvalue weighted by molar-refractivity contribution is -0.163. The summed E-state index contributed by atoms with van der Waals surface area (Å²) >= 11 is 0. The summed E-state index contributed by atoms with van der Waals surface area (Å²) in [7, 11) is 0. The zero-order valence-corrected chi connectivity index (χ0v) is 14.7. The second-order valence-electron chi connectivity index (χ2n) is 7.36. The smallest absolute Gasteiger partial charge is 0.333 e. The Morgan fingerprint density at radius 1 is 1.00 bits per heavy atom. The second kappa shape index (κ2) is 7.33. The van der Waals surface area contributed by atoms with Gasteiger partial charge in [0.05, 0.1) is 6.42 Å². The number of alkyl halides is 3. The van der Waals surface area contributed by atoms with Crippen molar-refractivity contribution >= 4 is 5.91 Å². The fourth-order valence-electron chi connectivity index (χ4n) is 2.60. The minimum absolute atomic E-state index is 0.0435. The van der Waals surface area contributed by atoms with Gasteiger partial charge in [-0.05, 0) is 35.2 Å². The molecule has 0 aliphatic heterocycles. The maximum Gasteiger partial charge on any atom is 0.406 e. The van der Waals surface area contributed by atoms with Crippen LogP contribution in [0.15, 0.2) is 48.8 Å². The largest absolute Gasteiger partial charge is 0.406 e. The molecule has 0 unspecified atom stereocenters. The molecule has 2 aromatic rings. The highest BCUT2D eigenvalue weighted by Gasteiger charge is 2.34. The first-order valence-electron chi connectivity index (χ1n) is 8.10. The number of nitrogens with zero attached hydrogens (tertiary/aromatic N) is 2. The molecule has 1 heterocycles. The molecule has 0 radical (unpaired) electrons. The van der Waals surface area contributed by atoms with Crippen LogP contribution in [0, 0.1) is 5.41 Å². The van der Waals surface area contributed by atoms with Gasteiger partial charge in [-0.3, -0.25) is 4.79 Å². The first-order valence-corrected chi connectivity index (χ1v) is 8.10. The van der Waals surface area contributed by atoms with Crippen molar-refractivity contribution in [3.8, 4) is 5.69 Å². The molecule has 6 heteroatoms. The molecule has 136 valence electrons. The van der Waals surface area contributed by atoms with Crippen LogP contribution in [0.4, 0.5) is 13.2 Å². The third-order valence-corrected chi connectivity index (χ3v) is 3.58. The molecule has 0 fully saturated rings. The van der Waals surface area contributed by atoms with Crippen molar-refractivity contribution in [2.24, 2.45) is 5.41 Å². The number of amides is 1. The molecule has 0 saturated heterocycles. The Bertz CT molecular complexity index is 667. The standard InChI is InChI=1S/C19H23F3N2O/c1-18(2,3)13-24(14-19(20,21)22)17(25)12-15-6-8-16(9-7-15)23-10-4-5-11-23/h4-11H,12-14H2,1-3H3. The van der Waals surface area contributed by atoms with Crippen LogP contribution in [0.5, 0.6) is 0 Å². The fourth-order valence-corrected chi connectivity index (χ4v) is 2.60. The van der Waals surface area contributed by atoms with E-state index in [-0.39, 0.29) is 13.0 Å². The summed E-state index contributed by atoms with van der Waals surface area (Å²) in [4.78, 5) is 13.3. The van der Waals surface area contributed by atoms with Crippen molar-refractivity contribution < 1.29 is 18.0 Å². The van der Waals surface area contributed by atoms with E-state index in [1.165, 1.54) is 0 Å². The molecule has 0 aliphatic carbocycles. The van der Waals surface area contributed by atoms with E-state index >= 15 is 0 Å². The first kappa shape index (κ1) is 19.1. The van der Waals surface area contributed by atoms with Gasteiger partial charge in [-0.15, -0.1) is 0 Å². The lowest BCUT2D eigenvalue weighted by Crippen LogP contribution is -2.44. The number of carbonyl (C=O) groups is 1. The number of rotatable bonds is 5. The lowest BCUT2D eigenvalue weighted by atomic mass is 9.95. The average molecular weight is 352 g/mol. The first-order chi connectivity index (χ1) is 11.5. The summed E-state index contributed by atoms with van der Waals surface area (Å²) in [5.41, 5.74) is 1.23. The van der Waals surface area contributed by atoms with Crippen LogP contribution >= 0.6 is 0 Å². The maximum atomic E-state index is 12.8. The summed E-state index contributed by atoms with van der Waals surface area (Å²) in [5.74, 6) is -0.513. The van der Waals surface area contributed by atoms with Crippen LogP contribution < -0.4 is 0 Å². The van der Waals surface area contributed by atoms with E-state index in [1.807, 2.05) is 62.0 Å². The van der Waals surface area contributed by atoms with Gasteiger partial charge in [-0.2, -0.15) is 13.2 Å². The predicted octanol–water partition coefficient (Wildman–Crippen LogP) is 4.46. The molecule has 1 aromatic carbocycles. The number of benzene rings is 1. The van der Waals surface area contributed by atoms with Crippen LogP contribution in [0.3, 0.4) is 0 Å². The molecule has 2 rings (SSSR count). The molecule has 0 N–H and O–H groups in total. The molecule has 0 spiro atoms. The number of carbonyl (C=O) groups excluding carboxylic acids is 1.